The highest BCUT2D eigenvalue weighted by atomic mass is 32.2. The number of fused-ring (bicyclic) bond motifs is 2. The van der Waals surface area contributed by atoms with Crippen molar-refractivity contribution in [2.24, 2.45) is 5.92 Å². The minimum Gasteiger partial charge on any atom is -0.481 e. The summed E-state index contributed by atoms with van der Waals surface area (Å²) in [6.07, 6.45) is 10.2. The maximum atomic E-state index is 14.5. The molecule has 0 saturated heterocycles. The number of aliphatic carboxylic acids is 3. The van der Waals surface area contributed by atoms with Crippen LogP contribution in [0.4, 0.5) is 16.2 Å². The third kappa shape index (κ3) is 25.3. The van der Waals surface area contributed by atoms with Crippen LogP contribution >= 0.6 is 0 Å². The summed E-state index contributed by atoms with van der Waals surface area (Å²) in [7, 11) is -8.33. The van der Waals surface area contributed by atoms with Crippen molar-refractivity contribution in [3.63, 3.8) is 0 Å². The molecule has 5 amide bonds. The first-order chi connectivity index (χ1) is 50.2. The molecule has 4 aromatic rings. The largest absolute Gasteiger partial charge is 0.481 e. The SMILES string of the molecule is CCNC(=O)C[C@H](CC(=O)[C@H](Cc1ccccc1)NC(=O)CCCCC(=O)CC[C@H](NC(=O)NCCCC(=O)O)C(=O)O)C(=O)N[C@@H](Cc1ccc(OC2=C(C=CC3=[N+](CCCCS(=O)(=O)O)c4ccccc4C3(C)C)CCCC2=CC=C2N(CCCCS(=O)(=O)O)c3ccccc3C2(C)C)cc1)C(=O)O. The number of ketones is 2. The zero-order chi connectivity index (χ0) is 77.4. The number of rotatable bonds is 43. The molecule has 28 heteroatoms. The van der Waals surface area contributed by atoms with E-state index in [0.717, 1.165) is 51.5 Å². The molecule has 4 atom stereocenters. The van der Waals surface area contributed by atoms with Gasteiger partial charge in [-0.25, -0.2) is 14.4 Å². The van der Waals surface area contributed by atoms with Crippen molar-refractivity contribution in [3.05, 3.63) is 172 Å². The van der Waals surface area contributed by atoms with Gasteiger partial charge in [0, 0.05) is 106 Å². The number of urea groups is 1. The van der Waals surface area contributed by atoms with E-state index in [9.17, 15) is 79.3 Å². The molecule has 10 N–H and O–H groups in total. The minimum absolute atomic E-state index is 0.00325. The summed E-state index contributed by atoms with van der Waals surface area (Å²) in [5.41, 5.74) is 7.95. The molecule has 572 valence electrons. The summed E-state index contributed by atoms with van der Waals surface area (Å²) >= 11 is 0. The number of unbranched alkanes of at least 4 members (excludes halogenated alkanes) is 3. The van der Waals surface area contributed by atoms with Gasteiger partial charge in [0.15, 0.2) is 11.5 Å². The van der Waals surface area contributed by atoms with Crippen LogP contribution in [0.3, 0.4) is 0 Å². The molecule has 3 aliphatic rings. The first-order valence-electron chi connectivity index (χ1n) is 36.0. The molecule has 2 aliphatic heterocycles. The second kappa shape index (κ2) is 39.1. The Labute approximate surface area is 619 Å². The Bertz CT molecular complexity index is 4240. The van der Waals surface area contributed by atoms with Crippen molar-refractivity contribution in [1.29, 1.82) is 0 Å². The molecule has 0 saturated carbocycles. The third-order valence-corrected chi connectivity index (χ3v) is 20.7. The van der Waals surface area contributed by atoms with Gasteiger partial charge in [0.1, 0.15) is 35.9 Å². The van der Waals surface area contributed by atoms with E-state index in [1.165, 1.54) is 0 Å². The van der Waals surface area contributed by atoms with Crippen molar-refractivity contribution in [3.8, 4) is 5.75 Å². The van der Waals surface area contributed by atoms with Crippen molar-refractivity contribution in [1.82, 2.24) is 26.6 Å². The number of nitrogens with one attached hydrogen (secondary N) is 5. The number of carboxylic acid groups (broad SMARTS) is 3. The summed E-state index contributed by atoms with van der Waals surface area (Å²) < 4.78 is 75.1. The lowest BCUT2D eigenvalue weighted by molar-refractivity contribution is -0.438. The van der Waals surface area contributed by atoms with Crippen LogP contribution in [0, 0.1) is 5.92 Å². The number of amides is 5. The van der Waals surface area contributed by atoms with Crippen LogP contribution < -0.4 is 36.2 Å². The van der Waals surface area contributed by atoms with E-state index in [1.807, 2.05) is 36.4 Å². The zero-order valence-electron chi connectivity index (χ0n) is 60.8. The van der Waals surface area contributed by atoms with Crippen molar-refractivity contribution >= 4 is 90.5 Å². The van der Waals surface area contributed by atoms with Gasteiger partial charge in [0.05, 0.1) is 28.9 Å². The molecule has 0 unspecified atom stereocenters. The number of anilines is 1. The number of carbonyl (C=O) groups excluding carboxylic acids is 6. The molecule has 0 fully saturated rings. The molecule has 4 aromatic carbocycles. The Morgan fingerprint density at radius 1 is 0.604 bits per heavy atom. The zero-order valence-corrected chi connectivity index (χ0v) is 62.4. The molecule has 26 nitrogen and oxygen atoms in total. The first-order valence-corrected chi connectivity index (χ1v) is 39.2. The van der Waals surface area contributed by atoms with Crippen LogP contribution in [0.1, 0.15) is 166 Å². The van der Waals surface area contributed by atoms with Crippen LogP contribution in [0.5, 0.6) is 5.75 Å². The van der Waals surface area contributed by atoms with Gasteiger partial charge >= 0.3 is 23.9 Å². The highest BCUT2D eigenvalue weighted by Gasteiger charge is 2.45. The lowest BCUT2D eigenvalue weighted by Crippen LogP contribution is -2.48. The standard InChI is InChI=1S/C78H99N7O19S2/c1-6-79-70(89)51-56(50-66(87)62(48-52-22-8-7-9-23-52)81-69(88)31-15-10-26-57(86)37-40-61(74(93)94)83-76(97)80-43-21-32-71(90)91)73(92)82-63(75(95)96)49-53-33-38-58(39-34-53)104-72-54(35-41-67-77(2,3)59-27-11-13-29-64(59)84(67)44-16-18-46-105(98,99)100)24-20-25-55(72)36-42-68-78(4,5)60-28-12-14-30-65(60)85(68)45-17-19-47-106(101,102)103/h7-9,11-14,22-23,27-30,33-36,38-39,41-42,56,61-63H,6,10,15-21,24-26,31-32,37,40,43-51H2,1-5H3,(H9-,79,80,81,82,83,88,89,90,91,92,93,94,95,96,97,98,99,100,101,102,103)/p+1/t56-,61-,62-,63-/m0/s1. The number of allylic oxidation sites excluding steroid dienone is 7. The number of carboxylic acids is 3. The van der Waals surface area contributed by atoms with Crippen molar-refractivity contribution in [2.45, 2.75) is 186 Å². The Kier molecular flexibility index (Phi) is 30.8. The van der Waals surface area contributed by atoms with Gasteiger partial charge in [-0.1, -0.05) is 98.8 Å². The second-order valence-electron chi connectivity index (χ2n) is 28.0. The smallest absolute Gasteiger partial charge is 0.326 e. The quantitative estimate of drug-likeness (QED) is 0.0112. The van der Waals surface area contributed by atoms with Gasteiger partial charge in [-0.2, -0.15) is 21.4 Å². The molecule has 1 aliphatic carbocycles. The average Bonchev–Trinajstić information content (AvgIpc) is 1.60. The van der Waals surface area contributed by atoms with Gasteiger partial charge in [-0.15, -0.1) is 0 Å². The third-order valence-electron chi connectivity index (χ3n) is 19.1. The van der Waals surface area contributed by atoms with Gasteiger partial charge in [0.2, 0.25) is 23.4 Å². The monoisotopic (exact) mass is 1500 g/mol. The Hall–Kier alpha value is -9.64. The number of ether oxygens (including phenoxy) is 1. The number of nitrogens with zero attached hydrogens (tertiary/aromatic N) is 2. The van der Waals surface area contributed by atoms with Gasteiger partial charge < -0.3 is 51.5 Å². The normalized spacial score (nSPS) is 16.5. The van der Waals surface area contributed by atoms with Gasteiger partial charge in [-0.05, 0) is 150 Å². The van der Waals surface area contributed by atoms with E-state index in [1.54, 1.807) is 61.5 Å². The Morgan fingerprint density at radius 2 is 1.24 bits per heavy atom. The fourth-order valence-corrected chi connectivity index (χ4v) is 14.7. The first kappa shape index (κ1) is 83.6. The van der Waals surface area contributed by atoms with E-state index < -0.39 is 115 Å². The topological polar surface area (TPSA) is 399 Å². The highest BCUT2D eigenvalue weighted by molar-refractivity contribution is 7.86. The fourth-order valence-electron chi connectivity index (χ4n) is 13.6. The summed E-state index contributed by atoms with van der Waals surface area (Å²) in [6.45, 7) is 11.3. The fraction of sp³-hybridized carbons (Fsp3) is 0.462. The Balaban J connectivity index is 1.10. The number of hydrogen-bond donors (Lipinski definition) is 10. The maximum Gasteiger partial charge on any atom is 0.326 e. The van der Waals surface area contributed by atoms with E-state index in [0.29, 0.717) is 61.4 Å². The van der Waals surface area contributed by atoms with E-state index in [-0.39, 0.29) is 107 Å². The molecular weight excluding hydrogens is 1400 g/mol. The highest BCUT2D eigenvalue weighted by Crippen LogP contribution is 2.48. The molecular formula is C78H100N7O19S2+. The molecule has 106 heavy (non-hydrogen) atoms. The van der Waals surface area contributed by atoms with Crippen LogP contribution in [-0.2, 0) is 82.3 Å². The maximum absolute atomic E-state index is 14.5. The number of carbonyl (C=O) groups is 9. The molecule has 0 bridgehead atoms. The van der Waals surface area contributed by atoms with Crippen LogP contribution in [-0.4, -0.2) is 161 Å². The van der Waals surface area contributed by atoms with Gasteiger partial charge in [-0.3, -0.25) is 37.9 Å². The molecule has 0 spiro atoms. The minimum atomic E-state index is -4.16. The number of Topliss-reactive ketones (excluding diaryl/α,β-unsaturated/α-hetero) is 2. The molecule has 7 rings (SSSR count). The van der Waals surface area contributed by atoms with E-state index in [2.05, 4.69) is 100 Å². The summed E-state index contributed by atoms with van der Waals surface area (Å²) in [5.74, 6) is -7.93. The predicted octanol–water partition coefficient (Wildman–Crippen LogP) is 9.55. The van der Waals surface area contributed by atoms with E-state index in [4.69, 9.17) is 9.84 Å². The number of benzene rings is 4. The lowest BCUT2D eigenvalue weighted by Gasteiger charge is -2.27. The Morgan fingerprint density at radius 3 is 1.91 bits per heavy atom. The van der Waals surface area contributed by atoms with E-state index >= 15 is 0 Å². The van der Waals surface area contributed by atoms with Gasteiger partial charge in [0.25, 0.3) is 20.2 Å². The second-order valence-corrected chi connectivity index (χ2v) is 31.1. The van der Waals surface area contributed by atoms with Crippen molar-refractivity contribution < 1.29 is 93.7 Å². The average molecular weight is 1500 g/mol. The van der Waals surface area contributed by atoms with Crippen LogP contribution in [0.25, 0.3) is 0 Å². The molecule has 0 radical (unpaired) electrons. The predicted molar refractivity (Wildman–Crippen MR) is 400 cm³/mol. The molecule has 2 heterocycles. The van der Waals surface area contributed by atoms with Crippen LogP contribution in [0.15, 0.2) is 150 Å². The summed E-state index contributed by atoms with van der Waals surface area (Å²) in [4.78, 5) is 119. The number of para-hydroxylation sites is 2. The summed E-state index contributed by atoms with van der Waals surface area (Å²) in [6, 6.07) is 26.6. The summed E-state index contributed by atoms with van der Waals surface area (Å²) in [5, 5.41) is 41.7. The lowest BCUT2D eigenvalue weighted by atomic mass is 9.81. The number of hydrogen-bond acceptors (Lipinski definition) is 15. The van der Waals surface area contributed by atoms with Crippen molar-refractivity contribution in [2.75, 3.05) is 42.6 Å². The molecule has 0 aromatic heterocycles. The van der Waals surface area contributed by atoms with Crippen LogP contribution in [0.2, 0.25) is 0 Å².